The Kier molecular flexibility index (Phi) is 24.5. The zero-order chi connectivity index (χ0) is 14.8. The van der Waals surface area contributed by atoms with Gasteiger partial charge in [-0.05, 0) is 19.4 Å². The van der Waals surface area contributed by atoms with Gasteiger partial charge >= 0.3 is 0 Å². The summed E-state index contributed by atoms with van der Waals surface area (Å²) in [6.07, 6.45) is 14.7. The first kappa shape index (κ1) is 21.5. The lowest BCUT2D eigenvalue weighted by Gasteiger charge is -1.83. The molecule has 0 atom stereocenters. The van der Waals surface area contributed by atoms with Crippen molar-refractivity contribution < 1.29 is 0 Å². The highest BCUT2D eigenvalue weighted by Crippen LogP contribution is 1.94. The minimum Gasteiger partial charge on any atom is -0.0991 e. The molecule has 0 bridgehead atoms. The highest BCUT2D eigenvalue weighted by atomic mass is 13.8. The van der Waals surface area contributed by atoms with Crippen molar-refractivity contribution in [2.75, 3.05) is 0 Å². The Morgan fingerprint density at radius 3 is 1.44 bits per heavy atom. The van der Waals surface area contributed by atoms with Crippen molar-refractivity contribution >= 4 is 0 Å². The molecule has 0 aromatic rings. The van der Waals surface area contributed by atoms with E-state index in [9.17, 15) is 0 Å². The first-order valence-corrected chi connectivity index (χ1v) is 6.12. The number of hydrogen-bond acceptors (Lipinski definition) is 0. The Bertz CT molecular complexity index is 295. The van der Waals surface area contributed by atoms with Gasteiger partial charge in [0.05, 0.1) is 0 Å². The zero-order valence-electron chi connectivity index (χ0n) is 12.4. The fraction of sp³-hybridized carbons (Fsp3) is 0.222. The van der Waals surface area contributed by atoms with E-state index >= 15 is 0 Å². The standard InChI is InChI=1S/C8H12.C8H10.C2H6/c1-4-5-6-7-8(2)3;1-4-7-8(5-2)6-3;1-2/h4-7H,1H2,2-3H3;4-7H,1-3H2;1-2H3/b6-5-;;. The maximum absolute atomic E-state index is 3.56. The summed E-state index contributed by atoms with van der Waals surface area (Å²) >= 11 is 0. The van der Waals surface area contributed by atoms with Crippen molar-refractivity contribution in [1.29, 1.82) is 0 Å². The van der Waals surface area contributed by atoms with E-state index in [1.807, 2.05) is 38.2 Å². The van der Waals surface area contributed by atoms with E-state index in [1.165, 1.54) is 5.57 Å². The van der Waals surface area contributed by atoms with E-state index in [0.717, 1.165) is 5.57 Å². The molecule has 0 radical (unpaired) electrons. The molecule has 0 aromatic heterocycles. The second-order valence-electron chi connectivity index (χ2n) is 3.18. The van der Waals surface area contributed by atoms with E-state index in [-0.39, 0.29) is 0 Å². The van der Waals surface area contributed by atoms with Gasteiger partial charge in [-0.3, -0.25) is 0 Å². The molecule has 0 amide bonds. The Hall–Kier alpha value is -1.82. The summed E-state index contributed by atoms with van der Waals surface area (Å²) in [4.78, 5) is 0. The van der Waals surface area contributed by atoms with E-state index < -0.39 is 0 Å². The molecule has 0 spiro atoms. The molecule has 0 fully saturated rings. The van der Waals surface area contributed by atoms with Crippen LogP contribution in [0, 0.1) is 0 Å². The second kappa shape index (κ2) is 20.6. The van der Waals surface area contributed by atoms with Crippen molar-refractivity contribution in [2.45, 2.75) is 27.7 Å². The molecule has 0 heterocycles. The van der Waals surface area contributed by atoms with Gasteiger partial charge in [0.25, 0.3) is 0 Å². The fourth-order valence-corrected chi connectivity index (χ4v) is 0.682. The first-order valence-electron chi connectivity index (χ1n) is 6.12. The summed E-state index contributed by atoms with van der Waals surface area (Å²) in [5, 5.41) is 0. The maximum atomic E-state index is 3.56. The molecule has 100 valence electrons. The molecule has 0 heteroatoms. The predicted octanol–water partition coefficient (Wildman–Crippen LogP) is 6.19. The van der Waals surface area contributed by atoms with Crippen LogP contribution in [0.4, 0.5) is 0 Å². The van der Waals surface area contributed by atoms with Crippen LogP contribution in [0.1, 0.15) is 27.7 Å². The van der Waals surface area contributed by atoms with Crippen LogP contribution in [0.25, 0.3) is 0 Å². The van der Waals surface area contributed by atoms with Gasteiger partial charge in [-0.25, -0.2) is 0 Å². The topological polar surface area (TPSA) is 0 Å². The fourth-order valence-electron chi connectivity index (χ4n) is 0.682. The van der Waals surface area contributed by atoms with E-state index in [4.69, 9.17) is 0 Å². The van der Waals surface area contributed by atoms with Gasteiger partial charge in [0.1, 0.15) is 0 Å². The SMILES string of the molecule is C=C/C=C\C=C(C)C.C=CC=C(C=C)C=C.CC. The molecule has 0 N–H and O–H groups in total. The summed E-state index contributed by atoms with van der Waals surface area (Å²) in [6.45, 7) is 22.3. The molecule has 0 saturated heterocycles. The number of hydrogen-bond donors (Lipinski definition) is 0. The first-order chi connectivity index (χ1) is 8.62. The van der Waals surface area contributed by atoms with Crippen LogP contribution in [0.5, 0.6) is 0 Å². The van der Waals surface area contributed by atoms with Crippen LogP contribution in [0.15, 0.2) is 86.1 Å². The summed E-state index contributed by atoms with van der Waals surface area (Å²) in [5.41, 5.74) is 2.31. The molecule has 0 rings (SSSR count). The molecular formula is C18H28. The van der Waals surface area contributed by atoms with Crippen LogP contribution in [0.2, 0.25) is 0 Å². The molecule has 0 aliphatic rings. The third kappa shape index (κ3) is 23.8. The van der Waals surface area contributed by atoms with Gasteiger partial charge in [0.2, 0.25) is 0 Å². The van der Waals surface area contributed by atoms with E-state index in [1.54, 1.807) is 24.3 Å². The van der Waals surface area contributed by atoms with Crippen molar-refractivity contribution in [3.05, 3.63) is 86.1 Å². The number of allylic oxidation sites excluding steroid dienone is 10. The largest absolute Gasteiger partial charge is 0.0991 e. The van der Waals surface area contributed by atoms with Crippen molar-refractivity contribution in [1.82, 2.24) is 0 Å². The van der Waals surface area contributed by atoms with Crippen LogP contribution in [0.3, 0.4) is 0 Å². The smallest absolute Gasteiger partial charge is 0.0269 e. The molecule has 0 saturated carbocycles. The van der Waals surface area contributed by atoms with Gasteiger partial charge in [-0.2, -0.15) is 0 Å². The minimum atomic E-state index is 1.00. The van der Waals surface area contributed by atoms with Gasteiger partial charge in [0, 0.05) is 0 Å². The Balaban J connectivity index is -0.000000219. The van der Waals surface area contributed by atoms with Crippen molar-refractivity contribution in [3.8, 4) is 0 Å². The molecule has 0 aliphatic heterocycles. The average molecular weight is 244 g/mol. The lowest BCUT2D eigenvalue weighted by atomic mass is 10.2. The summed E-state index contributed by atoms with van der Waals surface area (Å²) < 4.78 is 0. The summed E-state index contributed by atoms with van der Waals surface area (Å²) in [5.74, 6) is 0. The zero-order valence-corrected chi connectivity index (χ0v) is 12.4. The summed E-state index contributed by atoms with van der Waals surface area (Å²) in [6, 6.07) is 0. The molecule has 0 nitrogen and oxygen atoms in total. The van der Waals surface area contributed by atoms with Crippen LogP contribution >= 0.6 is 0 Å². The molecular weight excluding hydrogens is 216 g/mol. The van der Waals surface area contributed by atoms with Crippen LogP contribution in [-0.4, -0.2) is 0 Å². The summed E-state index contributed by atoms with van der Waals surface area (Å²) in [7, 11) is 0. The van der Waals surface area contributed by atoms with Gasteiger partial charge in [0.15, 0.2) is 0 Å². The van der Waals surface area contributed by atoms with Gasteiger partial charge < -0.3 is 0 Å². The monoisotopic (exact) mass is 244 g/mol. The van der Waals surface area contributed by atoms with Gasteiger partial charge in [-0.1, -0.05) is 94.3 Å². The Morgan fingerprint density at radius 1 is 0.722 bits per heavy atom. The molecule has 0 unspecified atom stereocenters. The van der Waals surface area contributed by atoms with E-state index in [2.05, 4.69) is 40.2 Å². The molecule has 0 aromatic carbocycles. The second-order valence-corrected chi connectivity index (χ2v) is 3.18. The lowest BCUT2D eigenvalue weighted by molar-refractivity contribution is 1.39. The van der Waals surface area contributed by atoms with Crippen LogP contribution in [-0.2, 0) is 0 Å². The highest BCUT2D eigenvalue weighted by molar-refractivity contribution is 5.30. The van der Waals surface area contributed by atoms with Crippen molar-refractivity contribution in [3.63, 3.8) is 0 Å². The third-order valence-corrected chi connectivity index (χ3v) is 1.46. The van der Waals surface area contributed by atoms with E-state index in [0.29, 0.717) is 0 Å². The lowest BCUT2D eigenvalue weighted by Crippen LogP contribution is -1.63. The predicted molar refractivity (Wildman–Crippen MR) is 88.8 cm³/mol. The van der Waals surface area contributed by atoms with Gasteiger partial charge in [-0.15, -0.1) is 0 Å². The Morgan fingerprint density at radius 2 is 1.22 bits per heavy atom. The third-order valence-electron chi connectivity index (χ3n) is 1.46. The van der Waals surface area contributed by atoms with Crippen molar-refractivity contribution in [2.24, 2.45) is 0 Å². The highest BCUT2D eigenvalue weighted by Gasteiger charge is 1.73. The minimum absolute atomic E-state index is 1.00. The number of rotatable bonds is 5. The maximum Gasteiger partial charge on any atom is -0.0269 e. The normalized spacial score (nSPS) is 7.56. The quantitative estimate of drug-likeness (QED) is 0.506. The van der Waals surface area contributed by atoms with Crippen LogP contribution < -0.4 is 0 Å². The molecule has 0 aliphatic carbocycles. The Labute approximate surface area is 114 Å². The molecule has 18 heavy (non-hydrogen) atoms. The average Bonchev–Trinajstić information content (AvgIpc) is 2.39.